The molecular formula is C18H18N4S. The van der Waals surface area contributed by atoms with Gasteiger partial charge < -0.3 is 10.2 Å². The van der Waals surface area contributed by atoms with Crippen molar-refractivity contribution in [3.8, 4) is 21.8 Å². The minimum Gasteiger partial charge on any atom is -0.368 e. The van der Waals surface area contributed by atoms with Crippen LogP contribution in [0.25, 0.3) is 21.8 Å². The van der Waals surface area contributed by atoms with Crippen molar-refractivity contribution in [2.75, 3.05) is 31.1 Å². The van der Waals surface area contributed by atoms with Crippen LogP contribution in [0.5, 0.6) is 0 Å². The van der Waals surface area contributed by atoms with E-state index < -0.39 is 0 Å². The Morgan fingerprint density at radius 2 is 1.87 bits per heavy atom. The molecule has 0 unspecified atom stereocenters. The molecule has 0 aliphatic carbocycles. The van der Waals surface area contributed by atoms with Gasteiger partial charge in [-0.25, -0.2) is 4.98 Å². The van der Waals surface area contributed by atoms with E-state index in [1.165, 1.54) is 5.69 Å². The molecule has 1 aromatic carbocycles. The average Bonchev–Trinajstić information content (AvgIpc) is 3.13. The number of piperazine rings is 1. The molecule has 0 spiro atoms. The Hall–Kier alpha value is -2.24. The smallest absolute Gasteiger partial charge is 0.124 e. The summed E-state index contributed by atoms with van der Waals surface area (Å²) in [7, 11) is 0. The van der Waals surface area contributed by atoms with E-state index in [4.69, 9.17) is 4.98 Å². The van der Waals surface area contributed by atoms with Crippen molar-refractivity contribution in [1.29, 1.82) is 0 Å². The van der Waals surface area contributed by atoms with Gasteiger partial charge in [-0.15, -0.1) is 11.3 Å². The highest BCUT2D eigenvalue weighted by molar-refractivity contribution is 7.13. The molecule has 23 heavy (non-hydrogen) atoms. The van der Waals surface area contributed by atoms with E-state index in [1.54, 1.807) is 11.3 Å². The minimum absolute atomic E-state index is 1.01. The Morgan fingerprint density at radius 1 is 1.04 bits per heavy atom. The maximum atomic E-state index is 4.84. The lowest BCUT2D eigenvalue weighted by Gasteiger charge is -2.30. The second-order valence-electron chi connectivity index (χ2n) is 5.53. The molecule has 116 valence electrons. The minimum atomic E-state index is 1.01. The summed E-state index contributed by atoms with van der Waals surface area (Å²) in [5.74, 6) is 0. The van der Waals surface area contributed by atoms with Crippen molar-refractivity contribution in [2.24, 2.45) is 0 Å². The van der Waals surface area contributed by atoms with Gasteiger partial charge in [0, 0.05) is 60.8 Å². The summed E-state index contributed by atoms with van der Waals surface area (Å²) in [5.41, 5.74) is 4.52. The summed E-state index contributed by atoms with van der Waals surface area (Å²) in [4.78, 5) is 11.6. The predicted octanol–water partition coefficient (Wildman–Crippen LogP) is 3.28. The molecule has 2 aromatic heterocycles. The van der Waals surface area contributed by atoms with Gasteiger partial charge in [0.1, 0.15) is 5.01 Å². The van der Waals surface area contributed by atoms with Crippen LogP contribution in [0.3, 0.4) is 0 Å². The van der Waals surface area contributed by atoms with E-state index in [-0.39, 0.29) is 0 Å². The van der Waals surface area contributed by atoms with Crippen LogP contribution in [0.2, 0.25) is 0 Å². The zero-order valence-corrected chi connectivity index (χ0v) is 13.6. The first-order valence-electron chi connectivity index (χ1n) is 7.83. The summed E-state index contributed by atoms with van der Waals surface area (Å²) in [6.07, 6.45) is 3.80. The van der Waals surface area contributed by atoms with Gasteiger partial charge in [0.15, 0.2) is 0 Å². The highest BCUT2D eigenvalue weighted by Crippen LogP contribution is 2.33. The standard InChI is InChI=1S/C18H18N4S/c1-2-4-14(5-3-1)18-21-16(13-23-18)15-12-20-7-6-17(15)22-10-8-19-9-11-22/h1-7,12-13,19H,8-11H2. The lowest BCUT2D eigenvalue weighted by molar-refractivity contribution is 0.589. The van der Waals surface area contributed by atoms with Gasteiger partial charge in [0.05, 0.1) is 5.69 Å². The molecule has 1 saturated heterocycles. The summed E-state index contributed by atoms with van der Waals surface area (Å²) >= 11 is 1.68. The normalized spacial score (nSPS) is 14.9. The van der Waals surface area contributed by atoms with Gasteiger partial charge in [0.25, 0.3) is 0 Å². The van der Waals surface area contributed by atoms with Gasteiger partial charge in [-0.2, -0.15) is 0 Å². The zero-order valence-electron chi connectivity index (χ0n) is 12.8. The van der Waals surface area contributed by atoms with Crippen molar-refractivity contribution in [2.45, 2.75) is 0 Å². The van der Waals surface area contributed by atoms with Crippen molar-refractivity contribution in [3.63, 3.8) is 0 Å². The summed E-state index contributed by atoms with van der Waals surface area (Å²) in [5, 5.41) is 6.58. The van der Waals surface area contributed by atoms with Crippen LogP contribution in [-0.4, -0.2) is 36.1 Å². The first kappa shape index (κ1) is 14.4. The van der Waals surface area contributed by atoms with E-state index in [0.717, 1.165) is 48.0 Å². The molecule has 5 heteroatoms. The quantitative estimate of drug-likeness (QED) is 0.803. The van der Waals surface area contributed by atoms with E-state index in [9.17, 15) is 0 Å². The molecule has 3 aromatic rings. The van der Waals surface area contributed by atoms with Crippen LogP contribution in [0.4, 0.5) is 5.69 Å². The largest absolute Gasteiger partial charge is 0.368 e. The average molecular weight is 322 g/mol. The first-order chi connectivity index (χ1) is 11.4. The van der Waals surface area contributed by atoms with Crippen LogP contribution in [0, 0.1) is 0 Å². The van der Waals surface area contributed by atoms with Crippen LogP contribution in [-0.2, 0) is 0 Å². The van der Waals surface area contributed by atoms with Gasteiger partial charge in [-0.3, -0.25) is 4.98 Å². The van der Waals surface area contributed by atoms with Crippen molar-refractivity contribution in [1.82, 2.24) is 15.3 Å². The van der Waals surface area contributed by atoms with E-state index >= 15 is 0 Å². The lowest BCUT2D eigenvalue weighted by Crippen LogP contribution is -2.43. The second-order valence-corrected chi connectivity index (χ2v) is 6.39. The monoisotopic (exact) mass is 322 g/mol. The van der Waals surface area contributed by atoms with E-state index in [1.807, 2.05) is 30.6 Å². The van der Waals surface area contributed by atoms with Crippen molar-refractivity contribution in [3.05, 3.63) is 54.2 Å². The summed E-state index contributed by atoms with van der Waals surface area (Å²) in [6, 6.07) is 12.4. The number of aromatic nitrogens is 2. The Kier molecular flexibility index (Phi) is 4.05. The highest BCUT2D eigenvalue weighted by atomic mass is 32.1. The molecule has 1 aliphatic heterocycles. The van der Waals surface area contributed by atoms with Gasteiger partial charge in [0.2, 0.25) is 0 Å². The highest BCUT2D eigenvalue weighted by Gasteiger charge is 2.17. The number of anilines is 1. The Balaban J connectivity index is 1.70. The predicted molar refractivity (Wildman–Crippen MR) is 95.9 cm³/mol. The number of nitrogens with one attached hydrogen (secondary N) is 1. The Labute approximate surface area is 139 Å². The molecule has 4 nitrogen and oxygen atoms in total. The number of hydrogen-bond donors (Lipinski definition) is 1. The van der Waals surface area contributed by atoms with E-state index in [0.29, 0.717) is 0 Å². The van der Waals surface area contributed by atoms with Crippen molar-refractivity contribution < 1.29 is 0 Å². The molecule has 0 atom stereocenters. The number of nitrogens with zero attached hydrogens (tertiary/aromatic N) is 3. The van der Waals surface area contributed by atoms with E-state index in [2.05, 4.69) is 38.8 Å². The number of pyridine rings is 1. The van der Waals surface area contributed by atoms with Crippen LogP contribution in [0.15, 0.2) is 54.2 Å². The van der Waals surface area contributed by atoms with Gasteiger partial charge in [-0.1, -0.05) is 30.3 Å². The number of thiazole rings is 1. The SMILES string of the molecule is c1ccc(-c2nc(-c3cnccc3N3CCNCC3)cs2)cc1. The molecule has 0 radical (unpaired) electrons. The van der Waals surface area contributed by atoms with Crippen LogP contribution >= 0.6 is 11.3 Å². The number of hydrogen-bond acceptors (Lipinski definition) is 5. The van der Waals surface area contributed by atoms with Crippen molar-refractivity contribution >= 4 is 17.0 Å². The maximum absolute atomic E-state index is 4.84. The third-order valence-electron chi connectivity index (χ3n) is 4.06. The molecule has 1 aliphatic rings. The fourth-order valence-electron chi connectivity index (χ4n) is 2.88. The third-order valence-corrected chi connectivity index (χ3v) is 4.95. The molecule has 0 saturated carbocycles. The number of benzene rings is 1. The number of rotatable bonds is 3. The topological polar surface area (TPSA) is 41.1 Å². The fraction of sp³-hybridized carbons (Fsp3) is 0.222. The molecule has 0 amide bonds. The van der Waals surface area contributed by atoms with Crippen LogP contribution in [0.1, 0.15) is 0 Å². The summed E-state index contributed by atoms with van der Waals surface area (Å²) in [6.45, 7) is 4.08. The third kappa shape index (κ3) is 2.98. The zero-order chi connectivity index (χ0) is 15.5. The van der Waals surface area contributed by atoms with Gasteiger partial charge >= 0.3 is 0 Å². The maximum Gasteiger partial charge on any atom is 0.124 e. The molecule has 3 heterocycles. The summed E-state index contributed by atoms with van der Waals surface area (Å²) < 4.78 is 0. The lowest BCUT2D eigenvalue weighted by atomic mass is 10.1. The Morgan fingerprint density at radius 3 is 2.70 bits per heavy atom. The molecule has 1 N–H and O–H groups in total. The Bertz CT molecular complexity index is 778. The fourth-order valence-corrected chi connectivity index (χ4v) is 3.70. The van der Waals surface area contributed by atoms with Crippen LogP contribution < -0.4 is 10.2 Å². The van der Waals surface area contributed by atoms with Gasteiger partial charge in [-0.05, 0) is 6.07 Å². The molecule has 4 rings (SSSR count). The second kappa shape index (κ2) is 6.48. The first-order valence-corrected chi connectivity index (χ1v) is 8.71. The molecule has 1 fully saturated rings. The molecular weight excluding hydrogens is 304 g/mol. The molecule has 0 bridgehead atoms.